The fraction of sp³-hybridized carbons (Fsp3) is 0.391. The molecule has 2 fully saturated rings. The van der Waals surface area contributed by atoms with Gasteiger partial charge in [-0.3, -0.25) is 9.48 Å². The maximum absolute atomic E-state index is 12.9. The van der Waals surface area contributed by atoms with Gasteiger partial charge in [0.15, 0.2) is 0 Å². The Labute approximate surface area is 165 Å². The van der Waals surface area contributed by atoms with Gasteiger partial charge in [-0.1, -0.05) is 30.3 Å². The van der Waals surface area contributed by atoms with Gasteiger partial charge in [-0.2, -0.15) is 5.10 Å². The molecule has 144 valence electrons. The Morgan fingerprint density at radius 3 is 2.43 bits per heavy atom. The number of fused-ring (bicyclic) bond motifs is 2. The lowest BCUT2D eigenvalue weighted by atomic mass is 10.1. The summed E-state index contributed by atoms with van der Waals surface area (Å²) in [6, 6.07) is 16.2. The molecule has 28 heavy (non-hydrogen) atoms. The zero-order valence-electron chi connectivity index (χ0n) is 16.7. The lowest BCUT2D eigenvalue weighted by Crippen LogP contribution is -2.33. The van der Waals surface area contributed by atoms with Crippen molar-refractivity contribution in [1.29, 1.82) is 0 Å². The van der Waals surface area contributed by atoms with Crippen LogP contribution in [0.15, 0.2) is 48.5 Å². The fourth-order valence-electron chi connectivity index (χ4n) is 4.89. The number of benzene rings is 2. The first kappa shape index (κ1) is 17.4. The minimum atomic E-state index is 0.160. The van der Waals surface area contributed by atoms with Crippen molar-refractivity contribution < 1.29 is 4.79 Å². The Balaban J connectivity index is 1.31. The molecule has 1 aliphatic heterocycles. The molecule has 1 saturated carbocycles. The van der Waals surface area contributed by atoms with Crippen molar-refractivity contribution >= 4 is 16.8 Å². The topological polar surface area (TPSA) is 41.4 Å². The van der Waals surface area contributed by atoms with E-state index < -0.39 is 0 Å². The molecule has 2 heterocycles. The fourth-order valence-corrected chi connectivity index (χ4v) is 4.89. The number of para-hydroxylation sites is 1. The number of amides is 1. The molecular weight excluding hydrogens is 348 g/mol. The normalized spacial score (nSPS) is 23.4. The third-order valence-electron chi connectivity index (χ3n) is 6.40. The maximum atomic E-state index is 12.9. The predicted octanol–water partition coefficient (Wildman–Crippen LogP) is 3.12. The van der Waals surface area contributed by atoms with E-state index in [0.29, 0.717) is 11.8 Å². The molecule has 1 unspecified atom stereocenters. The van der Waals surface area contributed by atoms with Crippen molar-refractivity contribution in [2.24, 2.45) is 24.8 Å². The van der Waals surface area contributed by atoms with Crippen molar-refractivity contribution in [3.63, 3.8) is 0 Å². The minimum absolute atomic E-state index is 0.160. The molecule has 2 aliphatic rings. The maximum Gasteiger partial charge on any atom is 0.253 e. The van der Waals surface area contributed by atoms with E-state index in [2.05, 4.69) is 36.2 Å². The van der Waals surface area contributed by atoms with Gasteiger partial charge < -0.3 is 9.80 Å². The van der Waals surface area contributed by atoms with E-state index in [1.807, 2.05) is 53.0 Å². The van der Waals surface area contributed by atoms with Gasteiger partial charge in [0.25, 0.3) is 5.91 Å². The van der Waals surface area contributed by atoms with Crippen LogP contribution in [0.3, 0.4) is 0 Å². The highest BCUT2D eigenvalue weighted by Crippen LogP contribution is 2.52. The van der Waals surface area contributed by atoms with Crippen LogP contribution in [-0.4, -0.2) is 59.2 Å². The first-order valence-corrected chi connectivity index (χ1v) is 9.99. The largest absolute Gasteiger partial charge is 0.338 e. The lowest BCUT2D eigenvalue weighted by Gasteiger charge is -2.21. The van der Waals surface area contributed by atoms with Crippen molar-refractivity contribution in [2.45, 2.75) is 0 Å². The van der Waals surface area contributed by atoms with Crippen LogP contribution in [0.25, 0.3) is 22.2 Å². The van der Waals surface area contributed by atoms with Gasteiger partial charge >= 0.3 is 0 Å². The summed E-state index contributed by atoms with van der Waals surface area (Å²) in [6.45, 7) is 2.97. The summed E-state index contributed by atoms with van der Waals surface area (Å²) >= 11 is 0. The molecular formula is C23H26N4O. The van der Waals surface area contributed by atoms with Crippen LogP contribution >= 0.6 is 0 Å². The lowest BCUT2D eigenvalue weighted by molar-refractivity contribution is 0.0765. The van der Waals surface area contributed by atoms with Gasteiger partial charge in [-0.25, -0.2) is 0 Å². The number of hydrogen-bond acceptors (Lipinski definition) is 3. The minimum Gasteiger partial charge on any atom is -0.338 e. The number of carbonyl (C=O) groups is 1. The highest BCUT2D eigenvalue weighted by Gasteiger charge is 2.56. The second kappa shape index (κ2) is 6.45. The third kappa shape index (κ3) is 2.81. The summed E-state index contributed by atoms with van der Waals surface area (Å²) in [5.74, 6) is 2.34. The monoisotopic (exact) mass is 374 g/mol. The summed E-state index contributed by atoms with van der Waals surface area (Å²) in [7, 11) is 6.22. The van der Waals surface area contributed by atoms with E-state index in [1.54, 1.807) is 0 Å². The van der Waals surface area contributed by atoms with Crippen molar-refractivity contribution in [1.82, 2.24) is 19.6 Å². The number of nitrogens with zero attached hydrogens (tertiary/aromatic N) is 4. The van der Waals surface area contributed by atoms with Gasteiger partial charge in [-0.15, -0.1) is 0 Å². The molecule has 5 rings (SSSR count). The zero-order valence-corrected chi connectivity index (χ0v) is 16.7. The number of hydrogen-bond donors (Lipinski definition) is 0. The first-order chi connectivity index (χ1) is 13.5. The number of piperidine rings is 1. The number of likely N-dealkylation sites (tertiary alicyclic amines) is 1. The molecule has 0 bridgehead atoms. The molecule has 1 amide bonds. The molecule has 5 heteroatoms. The van der Waals surface area contributed by atoms with E-state index in [0.717, 1.165) is 53.3 Å². The van der Waals surface area contributed by atoms with Crippen LogP contribution in [0.2, 0.25) is 0 Å². The Kier molecular flexibility index (Phi) is 4.02. The summed E-state index contributed by atoms with van der Waals surface area (Å²) < 4.78 is 1.91. The van der Waals surface area contributed by atoms with Gasteiger partial charge in [0.05, 0.1) is 5.52 Å². The Morgan fingerprint density at radius 1 is 1.07 bits per heavy atom. The second-order valence-corrected chi connectivity index (χ2v) is 8.53. The zero-order chi connectivity index (χ0) is 19.4. The van der Waals surface area contributed by atoms with Crippen molar-refractivity contribution in [3.8, 4) is 11.3 Å². The van der Waals surface area contributed by atoms with Gasteiger partial charge in [0.2, 0.25) is 0 Å². The number of rotatable bonds is 4. The molecule has 2 aromatic carbocycles. The quantitative estimate of drug-likeness (QED) is 0.705. The van der Waals surface area contributed by atoms with E-state index >= 15 is 0 Å². The Bertz CT molecular complexity index is 1020. The molecule has 0 spiro atoms. The highest BCUT2D eigenvalue weighted by atomic mass is 16.2. The van der Waals surface area contributed by atoms with Crippen LogP contribution < -0.4 is 0 Å². The summed E-state index contributed by atoms with van der Waals surface area (Å²) in [6.07, 6.45) is 0. The average Bonchev–Trinajstić information content (AvgIpc) is 3.05. The average molecular weight is 374 g/mol. The SMILES string of the molecule is CN(C)CC1[C@H]2CN(C(=O)c3ccc(-c4nn(C)c5ccccc45)cc3)C[C@@H]12. The van der Waals surface area contributed by atoms with Crippen molar-refractivity contribution in [3.05, 3.63) is 54.1 Å². The predicted molar refractivity (Wildman–Crippen MR) is 111 cm³/mol. The highest BCUT2D eigenvalue weighted by molar-refractivity contribution is 5.97. The second-order valence-electron chi connectivity index (χ2n) is 8.53. The van der Waals surface area contributed by atoms with Crippen LogP contribution in [0.1, 0.15) is 10.4 Å². The molecule has 5 nitrogen and oxygen atoms in total. The standard InChI is InChI=1S/C23H26N4O/c1-25(2)12-18-19-13-27(14-20(18)19)23(28)16-10-8-15(9-11-16)22-17-6-4-5-7-21(17)26(3)24-22/h4-11,18-20H,12-14H2,1-3H3/t18?,19-,20+. The number of aromatic nitrogens is 2. The third-order valence-corrected chi connectivity index (χ3v) is 6.40. The van der Waals surface area contributed by atoms with Crippen LogP contribution in [0.4, 0.5) is 0 Å². The molecule has 0 radical (unpaired) electrons. The van der Waals surface area contributed by atoms with Crippen LogP contribution in [0, 0.1) is 17.8 Å². The molecule has 1 saturated heterocycles. The first-order valence-electron chi connectivity index (χ1n) is 9.99. The smallest absolute Gasteiger partial charge is 0.253 e. The van der Waals surface area contributed by atoms with Crippen LogP contribution in [0.5, 0.6) is 0 Å². The Hall–Kier alpha value is -2.66. The van der Waals surface area contributed by atoms with Gasteiger partial charge in [-0.05, 0) is 50.0 Å². The summed E-state index contributed by atoms with van der Waals surface area (Å²) in [5, 5.41) is 5.81. The van der Waals surface area contributed by atoms with Crippen molar-refractivity contribution in [2.75, 3.05) is 33.7 Å². The molecule has 3 aromatic rings. The Morgan fingerprint density at radius 2 is 1.75 bits per heavy atom. The molecule has 1 aliphatic carbocycles. The van der Waals surface area contributed by atoms with E-state index in [9.17, 15) is 4.79 Å². The van der Waals surface area contributed by atoms with E-state index in [4.69, 9.17) is 0 Å². The summed E-state index contributed by atoms with van der Waals surface area (Å²) in [5.41, 5.74) is 3.89. The molecule has 0 N–H and O–H groups in total. The van der Waals surface area contributed by atoms with E-state index in [-0.39, 0.29) is 5.91 Å². The molecule has 1 aromatic heterocycles. The van der Waals surface area contributed by atoms with Crippen LogP contribution in [-0.2, 0) is 7.05 Å². The van der Waals surface area contributed by atoms with E-state index in [1.165, 1.54) is 0 Å². The number of aryl methyl sites for hydroxylation is 1. The number of carbonyl (C=O) groups excluding carboxylic acids is 1. The summed E-state index contributed by atoms with van der Waals surface area (Å²) in [4.78, 5) is 17.2. The van der Waals surface area contributed by atoms with Gasteiger partial charge in [0, 0.05) is 43.2 Å². The van der Waals surface area contributed by atoms with Gasteiger partial charge in [0.1, 0.15) is 5.69 Å². The molecule has 3 atom stereocenters.